The van der Waals surface area contributed by atoms with Crippen molar-refractivity contribution in [2.75, 3.05) is 50.5 Å². The van der Waals surface area contributed by atoms with Gasteiger partial charge in [0.25, 0.3) is 0 Å². The van der Waals surface area contributed by atoms with Gasteiger partial charge >= 0.3 is 12.2 Å². The van der Waals surface area contributed by atoms with Gasteiger partial charge in [-0.25, -0.2) is 9.37 Å². The Morgan fingerprint density at radius 1 is 1.21 bits per heavy atom. The van der Waals surface area contributed by atoms with Crippen molar-refractivity contribution in [1.82, 2.24) is 24.8 Å². The van der Waals surface area contributed by atoms with E-state index in [1.807, 2.05) is 23.8 Å². The van der Waals surface area contributed by atoms with Crippen molar-refractivity contribution in [3.05, 3.63) is 46.1 Å². The number of allylic oxidation sites excluding steroid dienone is 1. The standard InChI is InChI=1S/C29H34ClF4N7O2/c1-5-21(42)40-9-10-41(16(3)13-40)27-18-12-19(30)22(26-23(29(32,33)34)15(2)11-20(35)36-26)24(31)25(18)37-28(38-27)43-14-17-7-6-8-39(17)4/h5,11-12,16-17,42H,6-10,13-14H2,1-4H3,(H2,35,36)/b21-5-/t16-,17-/m0/s1. The van der Waals surface area contributed by atoms with Gasteiger partial charge < -0.3 is 30.3 Å². The number of fused-ring (bicyclic) bond motifs is 1. The number of hydrogen-bond donors (Lipinski definition) is 2. The number of nitrogen functional groups attached to an aromatic ring is 1. The molecule has 0 unspecified atom stereocenters. The van der Waals surface area contributed by atoms with Crippen LogP contribution < -0.4 is 15.4 Å². The smallest absolute Gasteiger partial charge is 0.418 e. The maximum atomic E-state index is 16.5. The van der Waals surface area contributed by atoms with Gasteiger partial charge in [-0.05, 0) is 71.0 Å². The van der Waals surface area contributed by atoms with Crippen molar-refractivity contribution in [2.45, 2.75) is 51.9 Å². The summed E-state index contributed by atoms with van der Waals surface area (Å²) < 4.78 is 65.1. The number of aromatic nitrogens is 3. The van der Waals surface area contributed by atoms with Crippen molar-refractivity contribution < 1.29 is 27.4 Å². The maximum Gasteiger partial charge on any atom is 0.418 e. The van der Waals surface area contributed by atoms with E-state index in [-0.39, 0.29) is 57.9 Å². The summed E-state index contributed by atoms with van der Waals surface area (Å²) in [4.78, 5) is 18.8. The molecular weight excluding hydrogens is 590 g/mol. The third-order valence-electron chi connectivity index (χ3n) is 8.16. The monoisotopic (exact) mass is 623 g/mol. The topological polar surface area (TPSA) is 104 Å². The van der Waals surface area contributed by atoms with Crippen LogP contribution in [-0.2, 0) is 6.18 Å². The minimum absolute atomic E-state index is 0.103. The van der Waals surface area contributed by atoms with Gasteiger partial charge in [0.2, 0.25) is 0 Å². The van der Waals surface area contributed by atoms with E-state index in [1.54, 1.807) is 13.0 Å². The van der Waals surface area contributed by atoms with Crippen molar-refractivity contribution in [3.8, 4) is 17.3 Å². The molecule has 14 heteroatoms. The highest BCUT2D eigenvalue weighted by molar-refractivity contribution is 6.34. The molecule has 0 spiro atoms. The zero-order valence-corrected chi connectivity index (χ0v) is 25.1. The lowest BCUT2D eigenvalue weighted by Gasteiger charge is -2.41. The van der Waals surface area contributed by atoms with Crippen LogP contribution in [0.15, 0.2) is 24.1 Å². The number of likely N-dealkylation sites (N-methyl/N-ethyl adjacent to an activating group) is 1. The van der Waals surface area contributed by atoms with Gasteiger partial charge in [-0.15, -0.1) is 0 Å². The molecule has 2 atom stereocenters. The van der Waals surface area contributed by atoms with Crippen molar-refractivity contribution >= 4 is 34.1 Å². The second-order valence-corrected chi connectivity index (χ2v) is 11.5. The Bertz CT molecular complexity index is 1570. The number of hydrogen-bond acceptors (Lipinski definition) is 9. The third kappa shape index (κ3) is 5.97. The minimum atomic E-state index is -4.85. The van der Waals surface area contributed by atoms with E-state index in [0.29, 0.717) is 25.5 Å². The Morgan fingerprint density at radius 3 is 2.58 bits per heavy atom. The molecule has 2 aliphatic rings. The number of nitrogens with zero attached hydrogens (tertiary/aromatic N) is 6. The van der Waals surface area contributed by atoms with Crippen LogP contribution >= 0.6 is 11.6 Å². The lowest BCUT2D eigenvalue weighted by molar-refractivity contribution is -0.137. The zero-order chi connectivity index (χ0) is 31.2. The summed E-state index contributed by atoms with van der Waals surface area (Å²) in [6.45, 7) is 7.38. The maximum absolute atomic E-state index is 16.5. The number of ether oxygens (including phenoxy) is 1. The Morgan fingerprint density at radius 2 is 1.95 bits per heavy atom. The summed E-state index contributed by atoms with van der Waals surface area (Å²) in [7, 11) is 1.99. The quantitative estimate of drug-likeness (QED) is 0.261. The van der Waals surface area contributed by atoms with E-state index in [1.165, 1.54) is 13.0 Å². The number of aryl methyl sites for hydroxylation is 1. The Hall–Kier alpha value is -3.58. The van der Waals surface area contributed by atoms with E-state index in [4.69, 9.17) is 22.1 Å². The number of nitrogens with two attached hydrogens (primary N) is 1. The lowest BCUT2D eigenvalue weighted by Crippen LogP contribution is -2.52. The number of benzene rings is 1. The number of aliphatic hydroxyl groups excluding tert-OH is 1. The predicted molar refractivity (Wildman–Crippen MR) is 158 cm³/mol. The molecule has 4 heterocycles. The van der Waals surface area contributed by atoms with Crippen LogP contribution in [0.5, 0.6) is 6.01 Å². The molecule has 2 aliphatic heterocycles. The normalized spacial score (nSPS) is 20.3. The van der Waals surface area contributed by atoms with Crippen molar-refractivity contribution in [3.63, 3.8) is 0 Å². The number of pyridine rings is 1. The number of halogens is 5. The lowest BCUT2D eigenvalue weighted by atomic mass is 9.99. The van der Waals surface area contributed by atoms with E-state index in [0.717, 1.165) is 25.5 Å². The molecule has 0 amide bonds. The first-order chi connectivity index (χ1) is 20.3. The molecule has 3 aromatic rings. The number of alkyl halides is 3. The average Bonchev–Trinajstić information content (AvgIpc) is 3.34. The average molecular weight is 624 g/mol. The zero-order valence-electron chi connectivity index (χ0n) is 24.3. The number of piperazine rings is 1. The Labute approximate surface area is 251 Å². The first kappa shape index (κ1) is 30.9. The van der Waals surface area contributed by atoms with Gasteiger partial charge in [-0.1, -0.05) is 11.6 Å². The molecule has 0 radical (unpaired) electrons. The van der Waals surface area contributed by atoms with E-state index >= 15 is 4.39 Å². The number of likely N-dealkylation sites (tertiary alicyclic amines) is 1. The molecule has 2 fully saturated rings. The molecule has 43 heavy (non-hydrogen) atoms. The van der Waals surface area contributed by atoms with Crippen LogP contribution in [0, 0.1) is 12.7 Å². The summed E-state index contributed by atoms with van der Waals surface area (Å²) in [6, 6.07) is 2.27. The molecule has 0 saturated carbocycles. The molecular formula is C29H34ClF4N7O2. The summed E-state index contributed by atoms with van der Waals surface area (Å²) in [5, 5.41) is 10.2. The summed E-state index contributed by atoms with van der Waals surface area (Å²) in [5.74, 6) is -0.824. The van der Waals surface area contributed by atoms with E-state index < -0.39 is 28.8 Å². The molecule has 0 bridgehead atoms. The van der Waals surface area contributed by atoms with E-state index in [9.17, 15) is 18.3 Å². The highest BCUT2D eigenvalue weighted by Crippen LogP contribution is 2.44. The molecule has 5 rings (SSSR count). The first-order valence-corrected chi connectivity index (χ1v) is 14.4. The number of anilines is 2. The van der Waals surface area contributed by atoms with Crippen molar-refractivity contribution in [2.24, 2.45) is 0 Å². The fraction of sp³-hybridized carbons (Fsp3) is 0.483. The predicted octanol–water partition coefficient (Wildman–Crippen LogP) is 5.80. The molecule has 9 nitrogen and oxygen atoms in total. The molecule has 1 aromatic carbocycles. The summed E-state index contributed by atoms with van der Waals surface area (Å²) in [6.07, 6.45) is -1.32. The number of rotatable bonds is 6. The highest BCUT2D eigenvalue weighted by Gasteiger charge is 2.39. The molecule has 0 aliphatic carbocycles. The van der Waals surface area contributed by atoms with Crippen molar-refractivity contribution in [1.29, 1.82) is 0 Å². The van der Waals surface area contributed by atoms with Gasteiger partial charge in [0.1, 0.15) is 23.8 Å². The fourth-order valence-electron chi connectivity index (χ4n) is 5.92. The largest absolute Gasteiger partial charge is 0.495 e. The van der Waals surface area contributed by atoms with Gasteiger partial charge in [-0.3, -0.25) is 0 Å². The van der Waals surface area contributed by atoms with Crippen LogP contribution in [-0.4, -0.2) is 81.8 Å². The SMILES string of the molecule is C/C=C(\O)N1CCN(c2nc(OC[C@@H]3CCCN3C)nc3c(F)c(-c4nc(N)cc(C)c4C(F)(F)F)c(Cl)cc23)[C@@H](C)C1. The summed E-state index contributed by atoms with van der Waals surface area (Å²) >= 11 is 6.56. The second-order valence-electron chi connectivity index (χ2n) is 11.1. The Balaban J connectivity index is 1.68. The first-order valence-electron chi connectivity index (χ1n) is 14.0. The Kier molecular flexibility index (Phi) is 8.50. The highest BCUT2D eigenvalue weighted by atomic mass is 35.5. The van der Waals surface area contributed by atoms with Gasteiger partial charge in [0, 0.05) is 37.1 Å². The van der Waals surface area contributed by atoms with Gasteiger partial charge in [0.15, 0.2) is 11.7 Å². The molecule has 2 aromatic heterocycles. The van der Waals surface area contributed by atoms with Crippen LogP contribution in [0.25, 0.3) is 22.2 Å². The second kappa shape index (κ2) is 11.8. The fourth-order valence-corrected chi connectivity index (χ4v) is 6.20. The molecule has 232 valence electrons. The molecule has 3 N–H and O–H groups in total. The van der Waals surface area contributed by atoms with E-state index in [2.05, 4.69) is 19.9 Å². The van der Waals surface area contributed by atoms with Crippen LogP contribution in [0.3, 0.4) is 0 Å². The summed E-state index contributed by atoms with van der Waals surface area (Å²) in [5.41, 5.74) is 2.94. The van der Waals surface area contributed by atoms with Gasteiger partial charge in [0.05, 0.1) is 21.8 Å². The van der Waals surface area contributed by atoms with Gasteiger partial charge in [-0.2, -0.15) is 23.1 Å². The van der Waals surface area contributed by atoms with Crippen LogP contribution in [0.2, 0.25) is 5.02 Å². The third-order valence-corrected chi connectivity index (χ3v) is 8.46. The molecule has 2 saturated heterocycles. The van der Waals surface area contributed by atoms with Crippen LogP contribution in [0.4, 0.5) is 29.2 Å². The number of aliphatic hydroxyl groups is 1. The van der Waals surface area contributed by atoms with Crippen LogP contribution in [0.1, 0.15) is 37.8 Å². The minimum Gasteiger partial charge on any atom is -0.495 e.